The summed E-state index contributed by atoms with van der Waals surface area (Å²) in [7, 11) is 1.55. The number of hydrogen-bond acceptors (Lipinski definition) is 3. The summed E-state index contributed by atoms with van der Waals surface area (Å²) in [5.41, 5.74) is -0.406. The van der Waals surface area contributed by atoms with Crippen molar-refractivity contribution in [2.75, 3.05) is 7.11 Å². The molecule has 0 amide bonds. The van der Waals surface area contributed by atoms with E-state index in [9.17, 15) is 4.79 Å². The van der Waals surface area contributed by atoms with Crippen LogP contribution in [0.4, 0.5) is 0 Å². The van der Waals surface area contributed by atoms with Gasteiger partial charge in [-0.05, 0) is 6.92 Å². The molecular weight excluding hydrogens is 168 g/mol. The molecule has 0 aromatic rings. The van der Waals surface area contributed by atoms with Crippen LogP contribution in [0.2, 0.25) is 0 Å². The standard InChI is InChI=1S/C10H14O3/c1-6-8(11)9(12-3)7-4-5-10(6,2)13-7/h4-7,9H,1-3H3/t6-,7+,9-,10-/m1/s1. The van der Waals surface area contributed by atoms with Gasteiger partial charge in [-0.2, -0.15) is 0 Å². The zero-order valence-corrected chi connectivity index (χ0v) is 8.11. The van der Waals surface area contributed by atoms with Crippen LogP contribution in [0.25, 0.3) is 0 Å². The lowest BCUT2D eigenvalue weighted by Gasteiger charge is -2.38. The molecule has 3 nitrogen and oxygen atoms in total. The fourth-order valence-electron chi connectivity index (χ4n) is 2.01. The quantitative estimate of drug-likeness (QED) is 0.566. The van der Waals surface area contributed by atoms with E-state index in [1.165, 1.54) is 0 Å². The second-order valence-corrected chi connectivity index (χ2v) is 3.91. The molecule has 2 aliphatic heterocycles. The molecular formula is C10H14O3. The maximum Gasteiger partial charge on any atom is 0.170 e. The maximum absolute atomic E-state index is 11.8. The number of hydrogen-bond donors (Lipinski definition) is 0. The first-order valence-electron chi connectivity index (χ1n) is 4.52. The van der Waals surface area contributed by atoms with Crippen LogP contribution in [0.15, 0.2) is 12.2 Å². The summed E-state index contributed by atoms with van der Waals surface area (Å²) < 4.78 is 10.8. The Balaban J connectivity index is 2.33. The zero-order chi connectivity index (χ0) is 9.64. The van der Waals surface area contributed by atoms with E-state index in [2.05, 4.69) is 0 Å². The van der Waals surface area contributed by atoms with Crippen molar-refractivity contribution in [2.45, 2.75) is 31.7 Å². The SMILES string of the molecule is CO[C@H]1C(=O)[C@@H](C)[C@@]2(C)C=C[C@@H]1O2. The average molecular weight is 182 g/mol. The molecule has 2 heterocycles. The molecule has 4 atom stereocenters. The highest BCUT2D eigenvalue weighted by molar-refractivity contribution is 5.89. The number of Topliss-reactive ketones (excluding diaryl/α,β-unsaturated/α-hetero) is 1. The van der Waals surface area contributed by atoms with Crippen LogP contribution in [0.5, 0.6) is 0 Å². The summed E-state index contributed by atoms with van der Waals surface area (Å²) in [5, 5.41) is 0. The first-order valence-corrected chi connectivity index (χ1v) is 4.52. The topological polar surface area (TPSA) is 35.5 Å². The van der Waals surface area contributed by atoms with Gasteiger partial charge in [-0.3, -0.25) is 4.79 Å². The van der Waals surface area contributed by atoms with E-state index in [1.807, 2.05) is 26.0 Å². The van der Waals surface area contributed by atoms with Crippen molar-refractivity contribution in [1.82, 2.24) is 0 Å². The zero-order valence-electron chi connectivity index (χ0n) is 8.11. The Morgan fingerprint density at radius 1 is 1.62 bits per heavy atom. The van der Waals surface area contributed by atoms with Crippen molar-refractivity contribution in [2.24, 2.45) is 5.92 Å². The third-order valence-corrected chi connectivity index (χ3v) is 3.13. The predicted octanol–water partition coefficient (Wildman–Crippen LogP) is 0.934. The number of ketones is 1. The molecule has 13 heavy (non-hydrogen) atoms. The van der Waals surface area contributed by atoms with Crippen molar-refractivity contribution in [3.63, 3.8) is 0 Å². The second kappa shape index (κ2) is 2.66. The van der Waals surface area contributed by atoms with E-state index < -0.39 is 11.7 Å². The van der Waals surface area contributed by atoms with Crippen molar-refractivity contribution in [3.05, 3.63) is 12.2 Å². The van der Waals surface area contributed by atoms with Gasteiger partial charge in [0, 0.05) is 7.11 Å². The van der Waals surface area contributed by atoms with Crippen LogP contribution in [-0.4, -0.2) is 30.7 Å². The van der Waals surface area contributed by atoms with Gasteiger partial charge in [0.1, 0.15) is 12.2 Å². The monoisotopic (exact) mass is 182 g/mol. The number of rotatable bonds is 1. The number of carbonyl (C=O) groups is 1. The van der Waals surface area contributed by atoms with Gasteiger partial charge in [0.15, 0.2) is 5.78 Å². The Morgan fingerprint density at radius 3 is 2.92 bits per heavy atom. The highest BCUT2D eigenvalue weighted by Crippen LogP contribution is 2.38. The fraction of sp³-hybridized carbons (Fsp3) is 0.700. The van der Waals surface area contributed by atoms with Gasteiger partial charge < -0.3 is 9.47 Å². The minimum absolute atomic E-state index is 0.118. The minimum atomic E-state index is -0.415. The molecule has 72 valence electrons. The smallest absolute Gasteiger partial charge is 0.170 e. The summed E-state index contributed by atoms with van der Waals surface area (Å²) in [4.78, 5) is 11.8. The molecule has 0 N–H and O–H groups in total. The van der Waals surface area contributed by atoms with Crippen LogP contribution in [0.3, 0.4) is 0 Å². The average Bonchev–Trinajstić information content (AvgIpc) is 2.45. The first-order chi connectivity index (χ1) is 6.08. The number of fused-ring (bicyclic) bond motifs is 2. The summed E-state index contributed by atoms with van der Waals surface area (Å²) in [5.74, 6) is 0.0266. The fourth-order valence-corrected chi connectivity index (χ4v) is 2.01. The van der Waals surface area contributed by atoms with Crippen LogP contribution in [0, 0.1) is 5.92 Å². The molecule has 1 fully saturated rings. The largest absolute Gasteiger partial charge is 0.371 e. The highest BCUT2D eigenvalue weighted by atomic mass is 16.6. The summed E-state index contributed by atoms with van der Waals surface area (Å²) in [6.07, 6.45) is 3.30. The lowest BCUT2D eigenvalue weighted by Crippen LogP contribution is -2.52. The maximum atomic E-state index is 11.8. The van der Waals surface area contributed by atoms with E-state index in [4.69, 9.17) is 9.47 Å². The molecule has 2 aliphatic rings. The van der Waals surface area contributed by atoms with E-state index in [-0.39, 0.29) is 17.8 Å². The predicted molar refractivity (Wildman–Crippen MR) is 47.4 cm³/mol. The van der Waals surface area contributed by atoms with Crippen LogP contribution in [-0.2, 0) is 14.3 Å². The van der Waals surface area contributed by atoms with Gasteiger partial charge in [0.25, 0.3) is 0 Å². The van der Waals surface area contributed by atoms with Gasteiger partial charge in [-0.1, -0.05) is 19.1 Å². The molecule has 0 aromatic heterocycles. The molecule has 3 heteroatoms. The summed E-state index contributed by atoms with van der Waals surface area (Å²) in [6.45, 7) is 3.83. The lowest BCUT2D eigenvalue weighted by atomic mass is 9.84. The Labute approximate surface area is 77.7 Å². The molecule has 2 rings (SSSR count). The second-order valence-electron chi connectivity index (χ2n) is 3.91. The summed E-state index contributed by atoms with van der Waals surface area (Å²) >= 11 is 0. The van der Waals surface area contributed by atoms with Gasteiger partial charge in [0.2, 0.25) is 0 Å². The van der Waals surface area contributed by atoms with Crippen molar-refractivity contribution in [1.29, 1.82) is 0 Å². The van der Waals surface area contributed by atoms with E-state index >= 15 is 0 Å². The lowest BCUT2D eigenvalue weighted by molar-refractivity contribution is -0.171. The van der Waals surface area contributed by atoms with Crippen LogP contribution < -0.4 is 0 Å². The van der Waals surface area contributed by atoms with Crippen molar-refractivity contribution >= 4 is 5.78 Å². The van der Waals surface area contributed by atoms with Crippen LogP contribution in [0.1, 0.15) is 13.8 Å². The van der Waals surface area contributed by atoms with E-state index in [1.54, 1.807) is 7.11 Å². The van der Waals surface area contributed by atoms with Gasteiger partial charge in [0.05, 0.1) is 11.5 Å². The molecule has 0 aromatic carbocycles. The molecule has 0 unspecified atom stereocenters. The molecule has 2 bridgehead atoms. The molecule has 0 radical (unpaired) electrons. The third-order valence-electron chi connectivity index (χ3n) is 3.13. The molecule has 0 saturated carbocycles. The Bertz CT molecular complexity index is 267. The van der Waals surface area contributed by atoms with Gasteiger partial charge in [-0.15, -0.1) is 0 Å². The normalized spacial score (nSPS) is 48.5. The van der Waals surface area contributed by atoms with Gasteiger partial charge in [-0.25, -0.2) is 0 Å². The Kier molecular flexibility index (Phi) is 1.82. The molecule has 0 aliphatic carbocycles. The van der Waals surface area contributed by atoms with Crippen molar-refractivity contribution in [3.8, 4) is 0 Å². The van der Waals surface area contributed by atoms with Crippen molar-refractivity contribution < 1.29 is 14.3 Å². The number of methoxy groups -OCH3 is 1. The minimum Gasteiger partial charge on any atom is -0.371 e. The number of carbonyl (C=O) groups excluding carboxylic acids is 1. The summed E-state index contributed by atoms with van der Waals surface area (Å²) in [6, 6.07) is 0. The molecule has 1 saturated heterocycles. The number of ether oxygens (including phenoxy) is 2. The Hall–Kier alpha value is -0.670. The van der Waals surface area contributed by atoms with E-state index in [0.29, 0.717) is 0 Å². The Morgan fingerprint density at radius 2 is 2.31 bits per heavy atom. The third kappa shape index (κ3) is 1.07. The van der Waals surface area contributed by atoms with Crippen LogP contribution >= 0.6 is 0 Å². The first kappa shape index (κ1) is 8.91. The molecule has 0 spiro atoms. The highest BCUT2D eigenvalue weighted by Gasteiger charge is 2.50. The van der Waals surface area contributed by atoms with E-state index in [0.717, 1.165) is 0 Å². The van der Waals surface area contributed by atoms with Gasteiger partial charge >= 0.3 is 0 Å².